The summed E-state index contributed by atoms with van der Waals surface area (Å²) in [6.07, 6.45) is 0. The largest absolute Gasteiger partial charge is 0.493 e. The van der Waals surface area contributed by atoms with Crippen molar-refractivity contribution < 1.29 is 9.47 Å². The fourth-order valence-electron chi connectivity index (χ4n) is 2.27. The van der Waals surface area contributed by atoms with Crippen LogP contribution in [-0.4, -0.2) is 13.7 Å². The maximum Gasteiger partial charge on any atom is 0.167 e. The molecule has 1 N–H and O–H groups in total. The number of hydrogen-bond donors (Lipinski definition) is 1. The van der Waals surface area contributed by atoms with Gasteiger partial charge in [-0.25, -0.2) is 0 Å². The van der Waals surface area contributed by atoms with Crippen LogP contribution in [0.5, 0.6) is 11.5 Å². The van der Waals surface area contributed by atoms with Gasteiger partial charge in [0.15, 0.2) is 11.5 Å². The van der Waals surface area contributed by atoms with Crippen molar-refractivity contribution in [1.29, 1.82) is 0 Å². The van der Waals surface area contributed by atoms with Crippen LogP contribution in [0.25, 0.3) is 0 Å². The molecule has 0 aliphatic heterocycles. The smallest absolute Gasteiger partial charge is 0.167 e. The van der Waals surface area contributed by atoms with Crippen LogP contribution in [0.15, 0.2) is 40.9 Å². The SMILES string of the molecule is CCNCc1c(Br)ccc(OC)c1OCc1cccc(C)c1. The molecule has 0 saturated carbocycles. The molecule has 4 heteroatoms. The molecule has 0 aliphatic rings. The van der Waals surface area contributed by atoms with E-state index in [0.29, 0.717) is 6.61 Å². The van der Waals surface area contributed by atoms with E-state index in [1.165, 1.54) is 5.56 Å². The van der Waals surface area contributed by atoms with E-state index in [4.69, 9.17) is 9.47 Å². The minimum atomic E-state index is 0.521. The lowest BCUT2D eigenvalue weighted by Crippen LogP contribution is -2.14. The van der Waals surface area contributed by atoms with Crippen LogP contribution in [0, 0.1) is 6.92 Å². The highest BCUT2D eigenvalue weighted by Crippen LogP contribution is 2.36. The number of hydrogen-bond acceptors (Lipinski definition) is 3. The first-order valence-electron chi connectivity index (χ1n) is 7.40. The number of ether oxygens (including phenoxy) is 2. The molecule has 0 aromatic heterocycles. The van der Waals surface area contributed by atoms with Gasteiger partial charge in [-0.15, -0.1) is 0 Å². The Morgan fingerprint density at radius 3 is 2.68 bits per heavy atom. The lowest BCUT2D eigenvalue weighted by atomic mass is 10.1. The molecule has 0 heterocycles. The average molecular weight is 364 g/mol. The normalized spacial score (nSPS) is 10.5. The Morgan fingerprint density at radius 1 is 1.18 bits per heavy atom. The van der Waals surface area contributed by atoms with E-state index in [1.807, 2.05) is 18.2 Å². The highest BCUT2D eigenvalue weighted by Gasteiger charge is 2.14. The molecule has 3 nitrogen and oxygen atoms in total. The monoisotopic (exact) mass is 363 g/mol. The van der Waals surface area contributed by atoms with Crippen molar-refractivity contribution >= 4 is 15.9 Å². The molecule has 0 atom stereocenters. The summed E-state index contributed by atoms with van der Waals surface area (Å²) in [6.45, 7) is 6.33. The molecular weight excluding hydrogens is 342 g/mol. The Balaban J connectivity index is 2.25. The first-order chi connectivity index (χ1) is 10.7. The van der Waals surface area contributed by atoms with Gasteiger partial charge in [0.25, 0.3) is 0 Å². The third-order valence-electron chi connectivity index (χ3n) is 3.40. The summed E-state index contributed by atoms with van der Waals surface area (Å²) in [5.74, 6) is 1.54. The topological polar surface area (TPSA) is 30.5 Å². The predicted molar refractivity (Wildman–Crippen MR) is 93.6 cm³/mol. The maximum absolute atomic E-state index is 6.08. The zero-order valence-electron chi connectivity index (χ0n) is 13.3. The molecule has 0 bridgehead atoms. The minimum Gasteiger partial charge on any atom is -0.493 e. The van der Waals surface area contributed by atoms with Crippen LogP contribution < -0.4 is 14.8 Å². The van der Waals surface area contributed by atoms with E-state index in [9.17, 15) is 0 Å². The fraction of sp³-hybridized carbons (Fsp3) is 0.333. The number of methoxy groups -OCH3 is 1. The molecule has 0 spiro atoms. The second kappa shape index (κ2) is 8.20. The van der Waals surface area contributed by atoms with E-state index in [1.54, 1.807) is 7.11 Å². The average Bonchev–Trinajstić information content (AvgIpc) is 2.52. The number of nitrogens with one attached hydrogen (secondary N) is 1. The first-order valence-corrected chi connectivity index (χ1v) is 8.19. The number of rotatable bonds is 7. The van der Waals surface area contributed by atoms with Crippen molar-refractivity contribution in [2.75, 3.05) is 13.7 Å². The van der Waals surface area contributed by atoms with Gasteiger partial charge < -0.3 is 14.8 Å². The van der Waals surface area contributed by atoms with Gasteiger partial charge in [0.2, 0.25) is 0 Å². The summed E-state index contributed by atoms with van der Waals surface area (Å²) in [7, 11) is 1.67. The van der Waals surface area contributed by atoms with Crippen LogP contribution in [0.3, 0.4) is 0 Å². The standard InChI is InChI=1S/C18H22BrNO2/c1-4-20-11-15-16(19)8-9-17(21-3)18(15)22-12-14-7-5-6-13(2)10-14/h5-10,20H,4,11-12H2,1-3H3. The lowest BCUT2D eigenvalue weighted by molar-refractivity contribution is 0.280. The van der Waals surface area contributed by atoms with E-state index < -0.39 is 0 Å². The fourth-order valence-corrected chi connectivity index (χ4v) is 2.73. The minimum absolute atomic E-state index is 0.521. The van der Waals surface area contributed by atoms with Gasteiger partial charge in [-0.2, -0.15) is 0 Å². The second-order valence-electron chi connectivity index (χ2n) is 5.12. The molecule has 0 fully saturated rings. The molecule has 0 amide bonds. The highest BCUT2D eigenvalue weighted by atomic mass is 79.9. The van der Waals surface area contributed by atoms with Crippen LogP contribution in [-0.2, 0) is 13.2 Å². The lowest BCUT2D eigenvalue weighted by Gasteiger charge is -2.17. The Labute approximate surface area is 140 Å². The Morgan fingerprint density at radius 2 is 2.00 bits per heavy atom. The molecule has 0 saturated heterocycles. The Bertz CT molecular complexity index is 628. The molecule has 0 radical (unpaired) electrons. The quantitative estimate of drug-likeness (QED) is 0.787. The molecule has 0 aliphatic carbocycles. The summed E-state index contributed by atoms with van der Waals surface area (Å²) in [5, 5.41) is 3.34. The number of halogens is 1. The third-order valence-corrected chi connectivity index (χ3v) is 4.15. The highest BCUT2D eigenvalue weighted by molar-refractivity contribution is 9.10. The molecule has 2 aromatic carbocycles. The summed E-state index contributed by atoms with van der Waals surface area (Å²) in [5.41, 5.74) is 3.46. The van der Waals surface area contributed by atoms with Gasteiger partial charge in [0.1, 0.15) is 6.61 Å². The van der Waals surface area contributed by atoms with Gasteiger partial charge in [-0.1, -0.05) is 52.7 Å². The van der Waals surface area contributed by atoms with E-state index >= 15 is 0 Å². The van der Waals surface area contributed by atoms with Crippen molar-refractivity contribution in [3.05, 3.63) is 57.6 Å². The number of benzene rings is 2. The predicted octanol–water partition coefficient (Wildman–Crippen LogP) is 4.45. The zero-order valence-corrected chi connectivity index (χ0v) is 14.9. The van der Waals surface area contributed by atoms with Gasteiger partial charge in [0.05, 0.1) is 7.11 Å². The summed E-state index contributed by atoms with van der Waals surface area (Å²) in [4.78, 5) is 0. The van der Waals surface area contributed by atoms with Gasteiger partial charge >= 0.3 is 0 Å². The third kappa shape index (κ3) is 4.24. The zero-order chi connectivity index (χ0) is 15.9. The van der Waals surface area contributed by atoms with E-state index in [2.05, 4.69) is 53.3 Å². The van der Waals surface area contributed by atoms with Gasteiger partial charge in [-0.3, -0.25) is 0 Å². The molecule has 2 aromatic rings. The van der Waals surface area contributed by atoms with Gasteiger partial charge in [0, 0.05) is 16.6 Å². The second-order valence-corrected chi connectivity index (χ2v) is 5.97. The summed E-state index contributed by atoms with van der Waals surface area (Å²) in [6, 6.07) is 12.2. The molecular formula is C18H22BrNO2. The van der Waals surface area contributed by atoms with Crippen molar-refractivity contribution in [3.63, 3.8) is 0 Å². The van der Waals surface area contributed by atoms with E-state index in [0.717, 1.165) is 40.2 Å². The first kappa shape index (κ1) is 16.8. The number of aryl methyl sites for hydroxylation is 1. The van der Waals surface area contributed by atoms with Crippen LogP contribution in [0.2, 0.25) is 0 Å². The van der Waals surface area contributed by atoms with E-state index in [-0.39, 0.29) is 0 Å². The molecule has 118 valence electrons. The van der Waals surface area contributed by atoms with Crippen LogP contribution in [0.1, 0.15) is 23.6 Å². The summed E-state index contributed by atoms with van der Waals surface area (Å²) >= 11 is 3.60. The van der Waals surface area contributed by atoms with Crippen molar-refractivity contribution in [1.82, 2.24) is 5.32 Å². The Hall–Kier alpha value is -1.52. The van der Waals surface area contributed by atoms with Crippen molar-refractivity contribution in [2.24, 2.45) is 0 Å². The summed E-state index contributed by atoms with van der Waals surface area (Å²) < 4.78 is 12.6. The maximum atomic E-state index is 6.08. The molecule has 2 rings (SSSR count). The molecule has 0 unspecified atom stereocenters. The van der Waals surface area contributed by atoms with Crippen molar-refractivity contribution in [3.8, 4) is 11.5 Å². The molecule has 22 heavy (non-hydrogen) atoms. The van der Waals surface area contributed by atoms with Crippen LogP contribution >= 0.6 is 15.9 Å². The van der Waals surface area contributed by atoms with Crippen molar-refractivity contribution in [2.45, 2.75) is 27.0 Å². The van der Waals surface area contributed by atoms with Crippen LogP contribution in [0.4, 0.5) is 0 Å². The van der Waals surface area contributed by atoms with Gasteiger partial charge in [-0.05, 0) is 31.2 Å². The Kier molecular flexibility index (Phi) is 6.28.